The van der Waals surface area contributed by atoms with Crippen molar-refractivity contribution in [3.05, 3.63) is 64.3 Å². The van der Waals surface area contributed by atoms with E-state index in [1.807, 2.05) is 49.1 Å². The van der Waals surface area contributed by atoms with Gasteiger partial charge in [-0.25, -0.2) is 4.79 Å². The number of ether oxygens (including phenoxy) is 1. The molecular formula is C27H33ClN4O3. The molecule has 1 spiro atoms. The predicted octanol–water partition coefficient (Wildman–Crippen LogP) is 4.06. The number of halogens is 1. The predicted molar refractivity (Wildman–Crippen MR) is 138 cm³/mol. The van der Waals surface area contributed by atoms with E-state index in [-0.39, 0.29) is 30.1 Å². The van der Waals surface area contributed by atoms with Crippen LogP contribution in [-0.4, -0.2) is 64.9 Å². The summed E-state index contributed by atoms with van der Waals surface area (Å²) in [4.78, 5) is 17.0. The van der Waals surface area contributed by atoms with E-state index in [0.29, 0.717) is 24.7 Å². The molecule has 1 saturated heterocycles. The minimum Gasteiger partial charge on any atom is -0.497 e. The van der Waals surface area contributed by atoms with E-state index in [0.717, 1.165) is 34.5 Å². The van der Waals surface area contributed by atoms with Crippen molar-refractivity contribution in [2.24, 2.45) is 7.05 Å². The van der Waals surface area contributed by atoms with Crippen LogP contribution in [0.3, 0.4) is 0 Å². The molecule has 0 radical (unpaired) electrons. The van der Waals surface area contributed by atoms with Gasteiger partial charge in [0.05, 0.1) is 25.3 Å². The number of nitrogens with one attached hydrogen (secondary N) is 1. The van der Waals surface area contributed by atoms with Gasteiger partial charge in [-0.1, -0.05) is 23.7 Å². The normalized spacial score (nSPS) is 19.2. The third-order valence-corrected chi connectivity index (χ3v) is 7.66. The Hall–Kier alpha value is -2.74. The summed E-state index contributed by atoms with van der Waals surface area (Å²) in [5.41, 5.74) is 4.36. The van der Waals surface area contributed by atoms with Gasteiger partial charge < -0.3 is 24.6 Å². The fourth-order valence-corrected chi connectivity index (χ4v) is 6.00. The first kappa shape index (κ1) is 24.0. The number of aromatic nitrogens is 1. The highest BCUT2D eigenvalue weighted by Gasteiger charge is 2.54. The van der Waals surface area contributed by atoms with E-state index < -0.39 is 0 Å². The second-order valence-corrected chi connectivity index (χ2v) is 10.6. The molecule has 0 bridgehead atoms. The van der Waals surface area contributed by atoms with Gasteiger partial charge in [0.15, 0.2) is 0 Å². The van der Waals surface area contributed by atoms with Crippen LogP contribution in [0.4, 0.5) is 4.79 Å². The number of aliphatic hydroxyl groups is 1. The van der Waals surface area contributed by atoms with Crippen molar-refractivity contribution in [1.29, 1.82) is 0 Å². The molecule has 1 atom stereocenters. The number of urea groups is 1. The smallest absolute Gasteiger partial charge is 0.317 e. The van der Waals surface area contributed by atoms with Crippen LogP contribution in [0.25, 0.3) is 10.9 Å². The lowest BCUT2D eigenvalue weighted by atomic mass is 9.68. The molecule has 0 saturated carbocycles. The number of carbonyl (C=O) groups excluding carboxylic acids is 1. The Balaban J connectivity index is 1.59. The number of hydrogen-bond acceptors (Lipinski definition) is 4. The van der Waals surface area contributed by atoms with E-state index in [4.69, 9.17) is 16.3 Å². The third-order valence-electron chi connectivity index (χ3n) is 7.40. The molecule has 2 aliphatic rings. The molecule has 3 aromatic rings. The highest BCUT2D eigenvalue weighted by molar-refractivity contribution is 6.30. The van der Waals surface area contributed by atoms with Crippen molar-refractivity contribution in [3.8, 4) is 5.75 Å². The summed E-state index contributed by atoms with van der Waals surface area (Å²) in [6, 6.07) is 14.0. The summed E-state index contributed by atoms with van der Waals surface area (Å²) >= 11 is 6.12. The number of fused-ring (bicyclic) bond motifs is 4. The van der Waals surface area contributed by atoms with Crippen LogP contribution in [0.2, 0.25) is 5.02 Å². The van der Waals surface area contributed by atoms with Crippen molar-refractivity contribution in [1.82, 2.24) is 19.7 Å². The van der Waals surface area contributed by atoms with E-state index in [9.17, 15) is 9.90 Å². The van der Waals surface area contributed by atoms with Gasteiger partial charge in [-0.2, -0.15) is 0 Å². The SMILES string of the molecule is COc1ccc2c3c(n(C)c2c1)[C@H](CO)N(Cc1ccc(Cl)cc1)CC31CN(C(=O)NC(C)C)C1. The molecule has 2 aliphatic heterocycles. The molecule has 186 valence electrons. The Morgan fingerprint density at radius 2 is 1.91 bits per heavy atom. The zero-order chi connectivity index (χ0) is 24.9. The first-order chi connectivity index (χ1) is 16.8. The Morgan fingerprint density at radius 1 is 1.20 bits per heavy atom. The maximum atomic E-state index is 12.8. The number of rotatable bonds is 5. The standard InChI is InChI=1S/C27H33ClN4O3/c1-17(2)29-26(34)32-15-27(16-32)14-31(12-18-5-7-19(28)8-6-18)23(13-33)25-24(27)21-10-9-20(35-4)11-22(21)30(25)3/h5-11,17,23,33H,12-16H2,1-4H3,(H,29,34)/t23-/m0/s1. The molecule has 0 unspecified atom stereocenters. The van der Waals surface area contributed by atoms with Crippen molar-refractivity contribution in [2.45, 2.75) is 37.9 Å². The molecule has 7 nitrogen and oxygen atoms in total. The maximum absolute atomic E-state index is 12.8. The number of carbonyl (C=O) groups is 1. The second-order valence-electron chi connectivity index (χ2n) is 10.2. The molecule has 5 rings (SSSR count). The van der Waals surface area contributed by atoms with E-state index >= 15 is 0 Å². The Morgan fingerprint density at radius 3 is 2.54 bits per heavy atom. The fourth-order valence-electron chi connectivity index (χ4n) is 5.88. The van der Waals surface area contributed by atoms with Gasteiger partial charge >= 0.3 is 6.03 Å². The van der Waals surface area contributed by atoms with Crippen molar-refractivity contribution in [2.75, 3.05) is 33.4 Å². The Kier molecular flexibility index (Phi) is 6.20. The van der Waals surface area contributed by atoms with Crippen LogP contribution >= 0.6 is 11.6 Å². The lowest BCUT2D eigenvalue weighted by Gasteiger charge is -2.56. The quantitative estimate of drug-likeness (QED) is 0.559. The van der Waals surface area contributed by atoms with Crippen LogP contribution in [-0.2, 0) is 19.0 Å². The van der Waals surface area contributed by atoms with Crippen LogP contribution in [0, 0.1) is 0 Å². The number of nitrogens with zero attached hydrogens (tertiary/aromatic N) is 3. The van der Waals surface area contributed by atoms with Gasteiger partial charge in [0, 0.05) is 66.9 Å². The molecular weight excluding hydrogens is 464 g/mol. The van der Waals surface area contributed by atoms with Gasteiger partial charge in [-0.3, -0.25) is 4.90 Å². The average molecular weight is 497 g/mol. The zero-order valence-corrected chi connectivity index (χ0v) is 21.5. The van der Waals surface area contributed by atoms with Crippen molar-refractivity contribution >= 4 is 28.5 Å². The number of hydrogen-bond donors (Lipinski definition) is 2. The number of aliphatic hydroxyl groups excluding tert-OH is 1. The second kappa shape index (κ2) is 9.04. The van der Waals surface area contributed by atoms with Gasteiger partial charge in [0.1, 0.15) is 5.75 Å². The summed E-state index contributed by atoms with van der Waals surface area (Å²) < 4.78 is 7.70. The number of aryl methyl sites for hydroxylation is 1. The van der Waals surface area contributed by atoms with Gasteiger partial charge in [-0.05, 0) is 49.2 Å². The van der Waals surface area contributed by atoms with Gasteiger partial charge in [-0.15, -0.1) is 0 Å². The van der Waals surface area contributed by atoms with E-state index in [1.165, 1.54) is 5.56 Å². The summed E-state index contributed by atoms with van der Waals surface area (Å²) in [5.74, 6) is 0.801. The molecule has 8 heteroatoms. The fraction of sp³-hybridized carbons (Fsp3) is 0.444. The minimum atomic E-state index is -0.212. The topological polar surface area (TPSA) is 70.0 Å². The Bertz CT molecular complexity index is 1250. The van der Waals surface area contributed by atoms with Crippen LogP contribution in [0.5, 0.6) is 5.75 Å². The largest absolute Gasteiger partial charge is 0.497 e. The maximum Gasteiger partial charge on any atom is 0.317 e. The number of amides is 2. The Labute approximate surface area is 211 Å². The number of benzene rings is 2. The highest BCUT2D eigenvalue weighted by Crippen LogP contribution is 2.50. The summed E-state index contributed by atoms with van der Waals surface area (Å²) in [5, 5.41) is 15.5. The lowest BCUT2D eigenvalue weighted by molar-refractivity contribution is 0.00822. The summed E-state index contributed by atoms with van der Waals surface area (Å²) in [6.45, 7) is 6.68. The van der Waals surface area contributed by atoms with Crippen molar-refractivity contribution < 1.29 is 14.6 Å². The lowest BCUT2D eigenvalue weighted by Crippen LogP contribution is -2.69. The van der Waals surface area contributed by atoms with Gasteiger partial charge in [0.2, 0.25) is 0 Å². The molecule has 2 N–H and O–H groups in total. The van der Waals surface area contributed by atoms with Crippen molar-refractivity contribution in [3.63, 3.8) is 0 Å². The van der Waals surface area contributed by atoms with Gasteiger partial charge in [0.25, 0.3) is 0 Å². The molecule has 0 aliphatic carbocycles. The molecule has 35 heavy (non-hydrogen) atoms. The third kappa shape index (κ3) is 4.05. The zero-order valence-electron chi connectivity index (χ0n) is 20.7. The molecule has 1 aromatic heterocycles. The van der Waals surface area contributed by atoms with E-state index in [2.05, 4.69) is 34.0 Å². The molecule has 2 aromatic carbocycles. The first-order valence-electron chi connectivity index (χ1n) is 12.1. The number of likely N-dealkylation sites (tertiary alicyclic amines) is 1. The highest BCUT2D eigenvalue weighted by atomic mass is 35.5. The van der Waals surface area contributed by atoms with Crippen LogP contribution < -0.4 is 10.1 Å². The molecule has 2 amide bonds. The minimum absolute atomic E-state index is 0.00944. The van der Waals surface area contributed by atoms with Crippen LogP contribution in [0.15, 0.2) is 42.5 Å². The molecule has 1 fully saturated rings. The summed E-state index contributed by atoms with van der Waals surface area (Å²) in [7, 11) is 3.73. The first-order valence-corrected chi connectivity index (χ1v) is 12.5. The monoisotopic (exact) mass is 496 g/mol. The number of methoxy groups -OCH3 is 1. The van der Waals surface area contributed by atoms with E-state index in [1.54, 1.807) is 7.11 Å². The average Bonchev–Trinajstić information content (AvgIpc) is 3.10. The van der Waals surface area contributed by atoms with Crippen LogP contribution in [0.1, 0.15) is 36.7 Å². The molecule has 3 heterocycles. The summed E-state index contributed by atoms with van der Waals surface area (Å²) in [6.07, 6.45) is 0.